The molecule has 10 nitrogen and oxygen atoms in total. The van der Waals surface area contributed by atoms with Crippen molar-refractivity contribution in [3.8, 4) is 5.88 Å². The molecule has 0 aliphatic rings. The van der Waals surface area contributed by atoms with Crippen LogP contribution in [0.1, 0.15) is 17.4 Å². The largest absolute Gasteiger partial charge is 0.481 e. The molecular formula is C17H17ClN6O4S. The summed E-state index contributed by atoms with van der Waals surface area (Å²) in [7, 11) is -2.48. The first kappa shape index (κ1) is 20.6. The molecule has 3 rings (SSSR count). The van der Waals surface area contributed by atoms with Crippen molar-refractivity contribution in [1.29, 1.82) is 0 Å². The first-order valence-electron chi connectivity index (χ1n) is 8.35. The lowest BCUT2D eigenvalue weighted by atomic mass is 10.3. The second-order valence-corrected chi connectivity index (χ2v) is 7.80. The van der Waals surface area contributed by atoms with Gasteiger partial charge in [0.05, 0.1) is 17.0 Å². The van der Waals surface area contributed by atoms with Crippen LogP contribution in [0.3, 0.4) is 0 Å². The number of sulfonamides is 1. The van der Waals surface area contributed by atoms with Gasteiger partial charge in [-0.2, -0.15) is 5.10 Å². The van der Waals surface area contributed by atoms with Crippen molar-refractivity contribution in [3.05, 3.63) is 53.6 Å². The van der Waals surface area contributed by atoms with Crippen LogP contribution in [0.15, 0.2) is 47.8 Å². The minimum absolute atomic E-state index is 0.0126. The fraction of sp³-hybridized carbons (Fsp3) is 0.176. The maximum atomic E-state index is 12.5. The van der Waals surface area contributed by atoms with E-state index in [1.807, 2.05) is 6.92 Å². The molecule has 0 radical (unpaired) electrons. The summed E-state index contributed by atoms with van der Waals surface area (Å²) in [6, 6.07) is 6.96. The number of rotatable bonds is 7. The van der Waals surface area contributed by atoms with Gasteiger partial charge in [0.25, 0.3) is 15.9 Å². The van der Waals surface area contributed by atoms with Crippen molar-refractivity contribution >= 4 is 39.0 Å². The fourth-order valence-corrected chi connectivity index (χ4v) is 3.56. The molecule has 0 aliphatic carbocycles. The van der Waals surface area contributed by atoms with Gasteiger partial charge in [0.1, 0.15) is 12.1 Å². The number of hydrogen-bond donors (Lipinski definition) is 2. The Bertz CT molecular complexity index is 1130. The van der Waals surface area contributed by atoms with Crippen molar-refractivity contribution in [2.75, 3.05) is 17.1 Å². The molecule has 0 bridgehead atoms. The molecule has 1 amide bonds. The lowest BCUT2D eigenvalue weighted by molar-refractivity contribution is 0.102. The lowest BCUT2D eigenvalue weighted by Gasteiger charge is -2.09. The van der Waals surface area contributed by atoms with Crippen LogP contribution in [-0.2, 0) is 16.6 Å². The van der Waals surface area contributed by atoms with Crippen molar-refractivity contribution in [2.45, 2.75) is 18.4 Å². The van der Waals surface area contributed by atoms with E-state index in [0.29, 0.717) is 12.2 Å². The number of nitrogens with zero attached hydrogens (tertiary/aromatic N) is 4. The summed E-state index contributed by atoms with van der Waals surface area (Å²) >= 11 is 6.02. The van der Waals surface area contributed by atoms with Crippen LogP contribution in [0.4, 0.5) is 11.5 Å². The molecule has 0 saturated heterocycles. The fourth-order valence-electron chi connectivity index (χ4n) is 2.32. The number of benzene rings is 1. The average molecular weight is 437 g/mol. The molecule has 0 spiro atoms. The van der Waals surface area contributed by atoms with Gasteiger partial charge in [0.2, 0.25) is 5.88 Å². The zero-order chi connectivity index (χ0) is 21.0. The summed E-state index contributed by atoms with van der Waals surface area (Å²) in [6.07, 6.45) is 2.74. The third-order valence-electron chi connectivity index (χ3n) is 3.77. The number of carbonyl (C=O) groups is 1. The minimum Gasteiger partial charge on any atom is -0.481 e. The highest BCUT2D eigenvalue weighted by atomic mass is 35.5. The number of anilines is 2. The third-order valence-corrected chi connectivity index (χ3v) is 5.42. The molecule has 3 aromatic rings. The van der Waals surface area contributed by atoms with Crippen molar-refractivity contribution in [2.24, 2.45) is 0 Å². The van der Waals surface area contributed by atoms with Gasteiger partial charge in [0, 0.05) is 24.5 Å². The van der Waals surface area contributed by atoms with Gasteiger partial charge >= 0.3 is 0 Å². The number of carbonyl (C=O) groups excluding carboxylic acids is 1. The summed E-state index contributed by atoms with van der Waals surface area (Å²) < 4.78 is 33.8. The van der Waals surface area contributed by atoms with E-state index in [1.165, 1.54) is 43.8 Å². The first-order chi connectivity index (χ1) is 13.8. The van der Waals surface area contributed by atoms with Gasteiger partial charge in [-0.3, -0.25) is 14.2 Å². The van der Waals surface area contributed by atoms with Crippen molar-refractivity contribution in [3.63, 3.8) is 0 Å². The molecule has 0 unspecified atom stereocenters. The molecule has 12 heteroatoms. The van der Waals surface area contributed by atoms with Gasteiger partial charge in [-0.05, 0) is 31.2 Å². The molecule has 2 aromatic heterocycles. The summed E-state index contributed by atoms with van der Waals surface area (Å²) in [5, 5.41) is 6.94. The Kier molecular flexibility index (Phi) is 5.99. The van der Waals surface area contributed by atoms with E-state index >= 15 is 0 Å². The monoisotopic (exact) mass is 436 g/mol. The maximum absolute atomic E-state index is 12.5. The zero-order valence-electron chi connectivity index (χ0n) is 15.5. The average Bonchev–Trinajstić information content (AvgIpc) is 3.09. The van der Waals surface area contributed by atoms with Crippen LogP contribution in [0, 0.1) is 0 Å². The summed E-state index contributed by atoms with van der Waals surface area (Å²) in [5.41, 5.74) is 0.476. The van der Waals surface area contributed by atoms with Crippen LogP contribution in [0.25, 0.3) is 0 Å². The standard InChI is InChI=1S/C17H17ClN6O4S/c1-3-24-9-13(18)16(22-24)17(25)21-11-4-6-12(7-5-11)29(26,27)23-14-8-15(28-2)20-10-19-14/h4-10H,3H2,1-2H3,(H,21,25)(H,19,20,23). The van der Waals surface area contributed by atoms with E-state index in [1.54, 1.807) is 10.9 Å². The number of nitrogens with one attached hydrogen (secondary N) is 2. The van der Waals surface area contributed by atoms with E-state index in [-0.39, 0.29) is 27.3 Å². The topological polar surface area (TPSA) is 128 Å². The normalized spacial score (nSPS) is 11.1. The Hall–Kier alpha value is -3.18. The lowest BCUT2D eigenvalue weighted by Crippen LogP contribution is -2.15. The van der Waals surface area contributed by atoms with E-state index < -0.39 is 15.9 Å². The van der Waals surface area contributed by atoms with E-state index in [2.05, 4.69) is 25.1 Å². The molecule has 29 heavy (non-hydrogen) atoms. The van der Waals surface area contributed by atoms with Gasteiger partial charge < -0.3 is 10.1 Å². The predicted molar refractivity (Wildman–Crippen MR) is 107 cm³/mol. The third kappa shape index (κ3) is 4.81. The smallest absolute Gasteiger partial charge is 0.277 e. The molecule has 0 aliphatic heterocycles. The molecule has 152 valence electrons. The quantitative estimate of drug-likeness (QED) is 0.581. The summed E-state index contributed by atoms with van der Waals surface area (Å²) in [5.74, 6) is -0.209. The Labute approximate surface area is 171 Å². The molecule has 0 atom stereocenters. The summed E-state index contributed by atoms with van der Waals surface area (Å²) in [4.78, 5) is 20.0. The highest BCUT2D eigenvalue weighted by Gasteiger charge is 2.18. The van der Waals surface area contributed by atoms with E-state index in [9.17, 15) is 13.2 Å². The van der Waals surface area contributed by atoms with Crippen molar-refractivity contribution in [1.82, 2.24) is 19.7 Å². The van der Waals surface area contributed by atoms with E-state index in [0.717, 1.165) is 0 Å². The number of amides is 1. The number of methoxy groups -OCH3 is 1. The van der Waals surface area contributed by atoms with Crippen LogP contribution >= 0.6 is 11.6 Å². The Morgan fingerprint density at radius 3 is 2.59 bits per heavy atom. The van der Waals surface area contributed by atoms with Crippen LogP contribution in [0.5, 0.6) is 5.88 Å². The number of halogens is 1. The van der Waals surface area contributed by atoms with Crippen LogP contribution in [-0.4, -0.2) is 41.2 Å². The highest BCUT2D eigenvalue weighted by Crippen LogP contribution is 2.20. The molecule has 2 heterocycles. The highest BCUT2D eigenvalue weighted by molar-refractivity contribution is 7.92. The van der Waals surface area contributed by atoms with Crippen LogP contribution in [0.2, 0.25) is 5.02 Å². The number of aromatic nitrogens is 4. The Balaban J connectivity index is 1.73. The van der Waals surface area contributed by atoms with Gasteiger partial charge in [-0.1, -0.05) is 11.6 Å². The van der Waals surface area contributed by atoms with Gasteiger partial charge in [0.15, 0.2) is 5.69 Å². The second kappa shape index (κ2) is 8.45. The van der Waals surface area contributed by atoms with E-state index in [4.69, 9.17) is 16.3 Å². The maximum Gasteiger partial charge on any atom is 0.277 e. The van der Waals surface area contributed by atoms with Gasteiger partial charge in [-0.25, -0.2) is 18.4 Å². The number of hydrogen-bond acceptors (Lipinski definition) is 7. The molecule has 0 saturated carbocycles. The summed E-state index contributed by atoms with van der Waals surface area (Å²) in [6.45, 7) is 2.44. The number of aryl methyl sites for hydroxylation is 1. The Morgan fingerprint density at radius 1 is 1.24 bits per heavy atom. The molecular weight excluding hydrogens is 420 g/mol. The second-order valence-electron chi connectivity index (χ2n) is 5.71. The van der Waals surface area contributed by atoms with Crippen molar-refractivity contribution < 1.29 is 17.9 Å². The predicted octanol–water partition coefficient (Wildman–Crippen LogP) is 2.41. The van der Waals surface area contributed by atoms with Crippen LogP contribution < -0.4 is 14.8 Å². The Morgan fingerprint density at radius 2 is 1.97 bits per heavy atom. The number of ether oxygens (including phenoxy) is 1. The zero-order valence-corrected chi connectivity index (χ0v) is 17.0. The first-order valence-corrected chi connectivity index (χ1v) is 10.2. The minimum atomic E-state index is -3.89. The molecule has 2 N–H and O–H groups in total. The van der Waals surface area contributed by atoms with Gasteiger partial charge in [-0.15, -0.1) is 0 Å². The molecule has 1 aromatic carbocycles. The molecule has 0 fully saturated rings. The SMILES string of the molecule is CCn1cc(Cl)c(C(=O)Nc2ccc(S(=O)(=O)Nc3cc(OC)ncn3)cc2)n1.